The molecule has 0 amide bonds. The van der Waals surface area contributed by atoms with Crippen molar-refractivity contribution in [2.24, 2.45) is 0 Å². The Morgan fingerprint density at radius 2 is 0.513 bits per heavy atom. The average molecular weight is 779 g/mol. The van der Waals surface area contributed by atoms with Crippen LogP contribution in [0.1, 0.15) is 0 Å². The first-order valence-corrected chi connectivity index (χ1v) is 11.5. The van der Waals surface area contributed by atoms with Gasteiger partial charge in [-0.2, -0.15) is 0 Å². The van der Waals surface area contributed by atoms with Gasteiger partial charge >= 0.3 is 16.8 Å². The number of pyridine rings is 6. The maximum atomic E-state index is 4.59. The molecule has 0 saturated heterocycles. The molecular formula is C30H22CoI2N6. The zero-order valence-corrected chi connectivity index (χ0v) is 25.8. The van der Waals surface area contributed by atoms with Gasteiger partial charge in [0.25, 0.3) is 0 Å². The number of rotatable bonds is 4. The predicted octanol–water partition coefficient (Wildman–Crippen LogP) is 0.417. The molecule has 0 atom stereocenters. The van der Waals surface area contributed by atoms with E-state index in [0.29, 0.717) is 0 Å². The Bertz CT molecular complexity index is 1300. The fourth-order valence-electron chi connectivity index (χ4n) is 3.50. The summed E-state index contributed by atoms with van der Waals surface area (Å²) in [5.41, 5.74) is 6.92. The first-order valence-electron chi connectivity index (χ1n) is 11.5. The molecule has 1 radical (unpaired) electrons. The van der Waals surface area contributed by atoms with E-state index in [1.54, 1.807) is 24.8 Å². The van der Waals surface area contributed by atoms with Crippen molar-refractivity contribution in [1.82, 2.24) is 29.9 Å². The van der Waals surface area contributed by atoms with Crippen molar-refractivity contribution in [3.8, 4) is 45.6 Å². The zero-order chi connectivity index (χ0) is 24.4. The predicted molar refractivity (Wildman–Crippen MR) is 141 cm³/mol. The van der Waals surface area contributed by atoms with Gasteiger partial charge in [-0.3, -0.25) is 19.9 Å². The van der Waals surface area contributed by atoms with Crippen LogP contribution in [0.3, 0.4) is 0 Å². The van der Waals surface area contributed by atoms with Crippen LogP contribution in [0.2, 0.25) is 0 Å². The van der Waals surface area contributed by atoms with Crippen LogP contribution < -0.4 is 48.0 Å². The standard InChI is InChI=1S/2C15H11N3.Co.2HI/c2*1-3-10-16-12(6-1)14-8-5-9-15(18-14)13-7-2-4-11-17-13;;;/h2*1-11H;;2*1H/q;;+2;;/p-2. The van der Waals surface area contributed by atoms with Crippen molar-refractivity contribution in [3.05, 3.63) is 134 Å². The van der Waals surface area contributed by atoms with Gasteiger partial charge in [0.1, 0.15) is 0 Å². The van der Waals surface area contributed by atoms with Crippen LogP contribution in [0.25, 0.3) is 45.6 Å². The molecule has 0 saturated carbocycles. The number of aromatic nitrogens is 6. The molecule has 6 aromatic heterocycles. The third-order valence-corrected chi connectivity index (χ3v) is 5.21. The van der Waals surface area contributed by atoms with E-state index in [2.05, 4.69) is 29.9 Å². The summed E-state index contributed by atoms with van der Waals surface area (Å²) in [6.45, 7) is 0. The van der Waals surface area contributed by atoms with Crippen LogP contribution in [-0.4, -0.2) is 29.9 Å². The normalized spacial score (nSPS) is 9.44. The molecular weight excluding hydrogens is 757 g/mol. The monoisotopic (exact) mass is 779 g/mol. The van der Waals surface area contributed by atoms with Gasteiger partial charge in [-0.05, 0) is 72.8 Å². The smallest absolute Gasteiger partial charge is 1.00 e. The summed E-state index contributed by atoms with van der Waals surface area (Å²) in [7, 11) is 0. The van der Waals surface area contributed by atoms with Gasteiger partial charge in [0.15, 0.2) is 0 Å². The Morgan fingerprint density at radius 1 is 0.282 bits per heavy atom. The quantitative estimate of drug-likeness (QED) is 0.242. The van der Waals surface area contributed by atoms with Crippen LogP contribution in [0.5, 0.6) is 0 Å². The van der Waals surface area contributed by atoms with Crippen molar-refractivity contribution >= 4 is 0 Å². The van der Waals surface area contributed by atoms with E-state index in [9.17, 15) is 0 Å². The Morgan fingerprint density at radius 3 is 0.718 bits per heavy atom. The summed E-state index contributed by atoms with van der Waals surface area (Å²) in [5.74, 6) is 0. The van der Waals surface area contributed by atoms with Gasteiger partial charge in [-0.15, -0.1) is 0 Å². The number of nitrogens with zero attached hydrogens (tertiary/aromatic N) is 6. The topological polar surface area (TPSA) is 77.3 Å². The van der Waals surface area contributed by atoms with Gasteiger partial charge in [-0.25, -0.2) is 9.97 Å². The van der Waals surface area contributed by atoms with Crippen LogP contribution in [0.4, 0.5) is 0 Å². The number of hydrogen-bond acceptors (Lipinski definition) is 6. The maximum absolute atomic E-state index is 4.59. The van der Waals surface area contributed by atoms with E-state index in [1.807, 2.05) is 109 Å². The van der Waals surface area contributed by atoms with Crippen LogP contribution >= 0.6 is 0 Å². The average Bonchev–Trinajstić information content (AvgIpc) is 2.99. The Kier molecular flexibility index (Phi) is 13.8. The third kappa shape index (κ3) is 8.95. The summed E-state index contributed by atoms with van der Waals surface area (Å²) in [6.07, 6.45) is 7.07. The Hall–Kier alpha value is -3.13. The van der Waals surface area contributed by atoms with Gasteiger partial charge < -0.3 is 48.0 Å². The zero-order valence-electron chi connectivity index (χ0n) is 20.5. The largest absolute Gasteiger partial charge is 2.00 e. The Balaban J connectivity index is 0.000000254. The fourth-order valence-corrected chi connectivity index (χ4v) is 3.50. The minimum absolute atomic E-state index is 0. The molecule has 0 aliphatic rings. The maximum Gasteiger partial charge on any atom is 2.00 e. The molecule has 0 unspecified atom stereocenters. The summed E-state index contributed by atoms with van der Waals surface area (Å²) in [4.78, 5) is 26.4. The second-order valence-corrected chi connectivity index (χ2v) is 7.68. The van der Waals surface area contributed by atoms with Gasteiger partial charge in [0.2, 0.25) is 0 Å². The van der Waals surface area contributed by atoms with Crippen molar-refractivity contribution in [2.75, 3.05) is 0 Å². The molecule has 6 aromatic rings. The summed E-state index contributed by atoms with van der Waals surface area (Å²) in [5, 5.41) is 0. The van der Waals surface area contributed by atoms with Crippen molar-refractivity contribution in [3.63, 3.8) is 0 Å². The molecule has 0 bridgehead atoms. The molecule has 39 heavy (non-hydrogen) atoms. The van der Waals surface area contributed by atoms with E-state index < -0.39 is 0 Å². The van der Waals surface area contributed by atoms with E-state index in [4.69, 9.17) is 0 Å². The molecule has 0 aliphatic heterocycles. The Labute approximate surface area is 272 Å². The second-order valence-electron chi connectivity index (χ2n) is 7.68. The molecule has 0 spiro atoms. The second kappa shape index (κ2) is 16.7. The first kappa shape index (κ1) is 32.1. The molecule has 0 fully saturated rings. The molecule has 0 aromatic carbocycles. The molecule has 9 heteroatoms. The minimum Gasteiger partial charge on any atom is -1.00 e. The van der Waals surface area contributed by atoms with Crippen molar-refractivity contribution < 1.29 is 64.7 Å². The fraction of sp³-hybridized carbons (Fsp3) is 0. The van der Waals surface area contributed by atoms with Crippen molar-refractivity contribution in [2.45, 2.75) is 0 Å². The molecule has 195 valence electrons. The minimum atomic E-state index is 0. The van der Waals surface area contributed by atoms with Crippen molar-refractivity contribution in [1.29, 1.82) is 0 Å². The molecule has 0 aliphatic carbocycles. The van der Waals surface area contributed by atoms with Gasteiger partial charge in [0.05, 0.1) is 45.6 Å². The SMILES string of the molecule is [Co+2].[I-].[I-].c1ccc(-c2cccc(-c3ccccn3)n2)nc1.c1ccc(-c2cccc(-c3ccccn3)n2)nc1. The van der Waals surface area contributed by atoms with Crippen LogP contribution in [0.15, 0.2) is 134 Å². The first-order chi connectivity index (χ1) is 17.9. The van der Waals surface area contributed by atoms with Gasteiger partial charge in [-0.1, -0.05) is 36.4 Å². The molecule has 6 nitrogen and oxygen atoms in total. The van der Waals surface area contributed by atoms with E-state index in [0.717, 1.165) is 45.6 Å². The number of hydrogen-bond donors (Lipinski definition) is 0. The van der Waals surface area contributed by atoms with E-state index in [-0.39, 0.29) is 64.7 Å². The van der Waals surface area contributed by atoms with E-state index >= 15 is 0 Å². The third-order valence-electron chi connectivity index (χ3n) is 5.21. The van der Waals surface area contributed by atoms with E-state index in [1.165, 1.54) is 0 Å². The summed E-state index contributed by atoms with van der Waals surface area (Å²) in [6, 6.07) is 35.0. The molecule has 0 N–H and O–H groups in total. The summed E-state index contributed by atoms with van der Waals surface area (Å²) < 4.78 is 0. The molecule has 6 rings (SSSR count). The van der Waals surface area contributed by atoms with Crippen LogP contribution in [-0.2, 0) is 16.8 Å². The summed E-state index contributed by atoms with van der Waals surface area (Å²) >= 11 is 0. The number of halogens is 2. The van der Waals surface area contributed by atoms with Gasteiger partial charge in [0, 0.05) is 24.8 Å². The van der Waals surface area contributed by atoms with Crippen LogP contribution in [0, 0.1) is 0 Å². The molecule has 6 heterocycles.